The minimum Gasteiger partial charge on any atom is -0.478 e. The van der Waals surface area contributed by atoms with Crippen molar-refractivity contribution >= 4 is 17.6 Å². The van der Waals surface area contributed by atoms with Gasteiger partial charge in [-0.25, -0.2) is 4.79 Å². The molecule has 3 nitrogen and oxygen atoms in total. The summed E-state index contributed by atoms with van der Waals surface area (Å²) in [6.45, 7) is 4.27. The summed E-state index contributed by atoms with van der Waals surface area (Å²) in [4.78, 5) is 10.8. The van der Waals surface area contributed by atoms with Crippen molar-refractivity contribution in [3.63, 3.8) is 0 Å². The van der Waals surface area contributed by atoms with Crippen molar-refractivity contribution in [3.05, 3.63) is 70.8 Å². The molecule has 0 aromatic heterocycles. The highest BCUT2D eigenvalue weighted by molar-refractivity contribution is 5.92. The van der Waals surface area contributed by atoms with E-state index in [1.54, 1.807) is 18.2 Å². The van der Waals surface area contributed by atoms with Gasteiger partial charge in [0.05, 0.1) is 17.2 Å². The van der Waals surface area contributed by atoms with Gasteiger partial charge in [-0.3, -0.25) is 0 Å². The molecule has 0 spiro atoms. The van der Waals surface area contributed by atoms with Crippen molar-refractivity contribution in [2.45, 2.75) is 19.8 Å². The number of aromatic carboxylic acids is 1. The van der Waals surface area contributed by atoms with Crippen molar-refractivity contribution in [3.8, 4) is 6.07 Å². The van der Waals surface area contributed by atoms with Crippen LogP contribution in [0.3, 0.4) is 0 Å². The van der Waals surface area contributed by atoms with Crippen LogP contribution in [0.15, 0.2) is 48.5 Å². The van der Waals surface area contributed by atoms with Gasteiger partial charge >= 0.3 is 5.97 Å². The highest BCUT2D eigenvalue weighted by Gasteiger charge is 2.05. The van der Waals surface area contributed by atoms with Crippen LogP contribution in [0.4, 0.5) is 0 Å². The lowest BCUT2D eigenvalue weighted by Crippen LogP contribution is -1.95. The van der Waals surface area contributed by atoms with Gasteiger partial charge in [0.25, 0.3) is 0 Å². The molecule has 0 amide bonds. The Kier molecular flexibility index (Phi) is 4.75. The molecule has 2 rings (SSSR count). The summed E-state index contributed by atoms with van der Waals surface area (Å²) in [5.74, 6) is -0.504. The maximum atomic E-state index is 10.8. The molecule has 2 aromatic rings. The van der Waals surface area contributed by atoms with Gasteiger partial charge in [-0.2, -0.15) is 5.26 Å². The molecule has 0 saturated carbocycles. The smallest absolute Gasteiger partial charge is 0.335 e. The van der Waals surface area contributed by atoms with Gasteiger partial charge in [0.1, 0.15) is 0 Å². The van der Waals surface area contributed by atoms with E-state index in [1.165, 1.54) is 17.7 Å². The molecule has 0 bridgehead atoms. The Balaban J connectivity index is 2.31. The molecule has 0 saturated heterocycles. The number of hydrogen-bond donors (Lipinski definition) is 1. The van der Waals surface area contributed by atoms with Gasteiger partial charge < -0.3 is 5.11 Å². The van der Waals surface area contributed by atoms with Gasteiger partial charge in [-0.1, -0.05) is 50.2 Å². The van der Waals surface area contributed by atoms with Crippen LogP contribution < -0.4 is 0 Å². The topological polar surface area (TPSA) is 61.1 Å². The molecule has 0 unspecified atom stereocenters. The van der Waals surface area contributed by atoms with Crippen molar-refractivity contribution in [2.24, 2.45) is 0 Å². The summed E-state index contributed by atoms with van der Waals surface area (Å²) >= 11 is 0. The Morgan fingerprint density at radius 3 is 2.05 bits per heavy atom. The van der Waals surface area contributed by atoms with Crippen LogP contribution in [0.5, 0.6) is 0 Å². The van der Waals surface area contributed by atoms with Crippen molar-refractivity contribution in [1.29, 1.82) is 5.26 Å². The zero-order valence-electron chi connectivity index (χ0n) is 12.6. The van der Waals surface area contributed by atoms with Crippen molar-refractivity contribution in [1.82, 2.24) is 0 Å². The number of nitrogens with zero attached hydrogens (tertiary/aromatic N) is 1. The van der Waals surface area contributed by atoms with Gasteiger partial charge in [0.2, 0.25) is 0 Å². The molecule has 0 heterocycles. The Labute approximate surface area is 130 Å². The first-order valence-corrected chi connectivity index (χ1v) is 7.06. The van der Waals surface area contributed by atoms with E-state index in [9.17, 15) is 10.1 Å². The van der Waals surface area contributed by atoms with Crippen LogP contribution in [-0.4, -0.2) is 11.1 Å². The standard InChI is InChI=1S/C19H17NO2/c1-13(2)15-5-3-14(4-6-15)11-18(12-20)16-7-9-17(10-8-16)19(21)22/h3-11,13H,1-2H3,(H,21,22)/b18-11-. The molecule has 0 radical (unpaired) electrons. The molecule has 3 heteroatoms. The summed E-state index contributed by atoms with van der Waals surface area (Å²) < 4.78 is 0. The van der Waals surface area contributed by atoms with Crippen LogP contribution in [0.25, 0.3) is 11.6 Å². The summed E-state index contributed by atoms with van der Waals surface area (Å²) in [7, 11) is 0. The fourth-order valence-electron chi connectivity index (χ4n) is 2.12. The zero-order valence-corrected chi connectivity index (χ0v) is 12.6. The van der Waals surface area contributed by atoms with Crippen LogP contribution in [0, 0.1) is 11.3 Å². The SMILES string of the molecule is CC(C)c1ccc(/C=C(/C#N)c2ccc(C(=O)O)cc2)cc1. The predicted molar refractivity (Wildman–Crippen MR) is 87.4 cm³/mol. The zero-order chi connectivity index (χ0) is 16.1. The Hall–Kier alpha value is -2.86. The highest BCUT2D eigenvalue weighted by atomic mass is 16.4. The van der Waals surface area contributed by atoms with Gasteiger partial charge in [-0.05, 0) is 40.8 Å². The lowest BCUT2D eigenvalue weighted by atomic mass is 9.99. The second kappa shape index (κ2) is 6.73. The average molecular weight is 291 g/mol. The lowest BCUT2D eigenvalue weighted by Gasteiger charge is -2.05. The molecule has 0 aliphatic heterocycles. The normalized spacial score (nSPS) is 11.3. The molecule has 0 fully saturated rings. The predicted octanol–water partition coefficient (Wildman–Crippen LogP) is 4.57. The third kappa shape index (κ3) is 3.62. The second-order valence-corrected chi connectivity index (χ2v) is 5.37. The van der Waals surface area contributed by atoms with Gasteiger partial charge in [0.15, 0.2) is 0 Å². The van der Waals surface area contributed by atoms with Crippen molar-refractivity contribution in [2.75, 3.05) is 0 Å². The number of carboxylic acid groups (broad SMARTS) is 1. The van der Waals surface area contributed by atoms with E-state index < -0.39 is 5.97 Å². The number of rotatable bonds is 4. The third-order valence-electron chi connectivity index (χ3n) is 3.48. The Morgan fingerprint density at radius 2 is 1.59 bits per heavy atom. The molecule has 0 aliphatic carbocycles. The molecule has 2 aromatic carbocycles. The fraction of sp³-hybridized carbons (Fsp3) is 0.158. The molecule has 110 valence electrons. The van der Waals surface area contributed by atoms with E-state index in [2.05, 4.69) is 32.0 Å². The maximum absolute atomic E-state index is 10.8. The van der Waals surface area contributed by atoms with E-state index in [1.807, 2.05) is 12.1 Å². The average Bonchev–Trinajstić information content (AvgIpc) is 2.53. The number of carbonyl (C=O) groups is 1. The highest BCUT2D eigenvalue weighted by Crippen LogP contribution is 2.20. The molecular formula is C19H17NO2. The minimum absolute atomic E-state index is 0.210. The van der Waals surface area contributed by atoms with Gasteiger partial charge in [0, 0.05) is 0 Å². The molecular weight excluding hydrogens is 274 g/mol. The van der Waals surface area contributed by atoms with Crippen molar-refractivity contribution < 1.29 is 9.90 Å². The minimum atomic E-state index is -0.974. The molecule has 0 aliphatic rings. The van der Waals surface area contributed by atoms with Crippen LogP contribution in [-0.2, 0) is 0 Å². The van der Waals surface area contributed by atoms with E-state index in [4.69, 9.17) is 5.11 Å². The van der Waals surface area contributed by atoms with E-state index in [0.717, 1.165) is 5.56 Å². The van der Waals surface area contributed by atoms with E-state index in [0.29, 0.717) is 17.1 Å². The first-order valence-electron chi connectivity index (χ1n) is 7.06. The molecule has 1 N–H and O–H groups in total. The second-order valence-electron chi connectivity index (χ2n) is 5.37. The Morgan fingerprint density at radius 1 is 1.05 bits per heavy atom. The summed E-state index contributed by atoms with van der Waals surface area (Å²) in [6, 6.07) is 16.6. The van der Waals surface area contributed by atoms with Crippen LogP contribution in [0.1, 0.15) is 46.8 Å². The van der Waals surface area contributed by atoms with E-state index >= 15 is 0 Å². The van der Waals surface area contributed by atoms with E-state index in [-0.39, 0.29) is 5.56 Å². The number of benzene rings is 2. The fourth-order valence-corrected chi connectivity index (χ4v) is 2.12. The van der Waals surface area contributed by atoms with Crippen LogP contribution in [0.2, 0.25) is 0 Å². The number of hydrogen-bond acceptors (Lipinski definition) is 2. The number of nitriles is 1. The Bertz CT molecular complexity index is 732. The monoisotopic (exact) mass is 291 g/mol. The van der Waals surface area contributed by atoms with Crippen LogP contribution >= 0.6 is 0 Å². The largest absolute Gasteiger partial charge is 0.478 e. The maximum Gasteiger partial charge on any atom is 0.335 e. The summed E-state index contributed by atoms with van der Waals surface area (Å²) in [6.07, 6.45) is 1.81. The van der Waals surface area contributed by atoms with Gasteiger partial charge in [-0.15, -0.1) is 0 Å². The molecule has 0 atom stereocenters. The quantitative estimate of drug-likeness (QED) is 0.663. The lowest BCUT2D eigenvalue weighted by molar-refractivity contribution is 0.0697. The summed E-state index contributed by atoms with van der Waals surface area (Å²) in [5, 5.41) is 18.2. The third-order valence-corrected chi connectivity index (χ3v) is 3.48. The number of carboxylic acids is 1. The first kappa shape index (κ1) is 15.5. The summed E-state index contributed by atoms with van der Waals surface area (Å²) in [5.41, 5.74) is 3.63. The molecule has 22 heavy (non-hydrogen) atoms. The number of allylic oxidation sites excluding steroid dienone is 1. The first-order chi connectivity index (χ1) is 10.5.